The lowest BCUT2D eigenvalue weighted by molar-refractivity contribution is 0.0697. The van der Waals surface area contributed by atoms with Crippen molar-refractivity contribution in [2.45, 2.75) is 39.2 Å². The molecule has 2 heterocycles. The van der Waals surface area contributed by atoms with Gasteiger partial charge in [0.15, 0.2) is 5.13 Å². The number of hydrogen-bond acceptors (Lipinski definition) is 4. The maximum Gasteiger partial charge on any atom is 0.335 e. The molecule has 1 atom stereocenters. The number of aromatic carboxylic acids is 1. The largest absolute Gasteiger partial charge is 0.478 e. The minimum absolute atomic E-state index is 0.321. The number of piperidine rings is 1. The van der Waals surface area contributed by atoms with Crippen molar-refractivity contribution in [1.82, 2.24) is 4.98 Å². The van der Waals surface area contributed by atoms with E-state index < -0.39 is 5.97 Å². The Morgan fingerprint density at radius 2 is 2.23 bits per heavy atom. The van der Waals surface area contributed by atoms with Gasteiger partial charge in [-0.1, -0.05) is 6.07 Å². The number of aromatic nitrogens is 1. The minimum atomic E-state index is -0.893. The summed E-state index contributed by atoms with van der Waals surface area (Å²) < 4.78 is 0. The Hall–Kier alpha value is -1.88. The SMILES string of the molecule is Cc1cc(C(=O)O)ccc1-c1csc(N2CCCC[C@H]2C)n1. The van der Waals surface area contributed by atoms with Crippen molar-refractivity contribution in [3.63, 3.8) is 0 Å². The van der Waals surface area contributed by atoms with E-state index in [0.717, 1.165) is 28.5 Å². The summed E-state index contributed by atoms with van der Waals surface area (Å²) in [4.78, 5) is 18.2. The highest BCUT2D eigenvalue weighted by atomic mass is 32.1. The Kier molecular flexibility index (Phi) is 4.16. The van der Waals surface area contributed by atoms with Gasteiger partial charge in [0.2, 0.25) is 0 Å². The van der Waals surface area contributed by atoms with Crippen molar-refractivity contribution in [3.05, 3.63) is 34.7 Å². The summed E-state index contributed by atoms with van der Waals surface area (Å²) in [5.74, 6) is -0.893. The summed E-state index contributed by atoms with van der Waals surface area (Å²) >= 11 is 1.67. The number of nitrogens with zero attached hydrogens (tertiary/aromatic N) is 2. The molecule has 1 fully saturated rings. The molecular formula is C17H20N2O2S. The molecule has 1 N–H and O–H groups in total. The van der Waals surface area contributed by atoms with Gasteiger partial charge < -0.3 is 10.0 Å². The van der Waals surface area contributed by atoms with E-state index in [4.69, 9.17) is 10.1 Å². The highest BCUT2D eigenvalue weighted by Gasteiger charge is 2.21. The number of rotatable bonds is 3. The predicted molar refractivity (Wildman–Crippen MR) is 89.9 cm³/mol. The average molecular weight is 316 g/mol. The van der Waals surface area contributed by atoms with Gasteiger partial charge in [0, 0.05) is 23.5 Å². The van der Waals surface area contributed by atoms with E-state index in [2.05, 4.69) is 17.2 Å². The second-order valence-corrected chi connectivity index (χ2v) is 6.72. The number of aryl methyl sites for hydroxylation is 1. The maximum absolute atomic E-state index is 11.0. The molecule has 0 aliphatic carbocycles. The molecule has 4 nitrogen and oxygen atoms in total. The molecule has 0 amide bonds. The van der Waals surface area contributed by atoms with Gasteiger partial charge in [0.05, 0.1) is 11.3 Å². The highest BCUT2D eigenvalue weighted by Crippen LogP contribution is 2.32. The first-order valence-corrected chi connectivity index (χ1v) is 8.50. The number of carboxylic acid groups (broad SMARTS) is 1. The fourth-order valence-electron chi connectivity index (χ4n) is 2.99. The molecular weight excluding hydrogens is 296 g/mol. The van der Waals surface area contributed by atoms with Crippen LogP contribution in [0, 0.1) is 6.92 Å². The van der Waals surface area contributed by atoms with E-state index in [0.29, 0.717) is 11.6 Å². The van der Waals surface area contributed by atoms with Crippen LogP contribution in [0.5, 0.6) is 0 Å². The van der Waals surface area contributed by atoms with Gasteiger partial charge in [-0.2, -0.15) is 0 Å². The number of anilines is 1. The van der Waals surface area contributed by atoms with Crippen LogP contribution in [0.2, 0.25) is 0 Å². The van der Waals surface area contributed by atoms with Crippen molar-refractivity contribution < 1.29 is 9.90 Å². The molecule has 0 spiro atoms. The Bertz CT molecular complexity index is 696. The summed E-state index contributed by atoms with van der Waals surface area (Å²) in [6.45, 7) is 5.27. The van der Waals surface area contributed by atoms with Gasteiger partial charge >= 0.3 is 5.97 Å². The summed E-state index contributed by atoms with van der Waals surface area (Å²) in [6.07, 6.45) is 3.75. The highest BCUT2D eigenvalue weighted by molar-refractivity contribution is 7.14. The summed E-state index contributed by atoms with van der Waals surface area (Å²) in [6, 6.07) is 5.76. The topological polar surface area (TPSA) is 53.4 Å². The van der Waals surface area contributed by atoms with Crippen molar-refractivity contribution in [3.8, 4) is 11.3 Å². The van der Waals surface area contributed by atoms with Crippen molar-refractivity contribution in [2.24, 2.45) is 0 Å². The van der Waals surface area contributed by atoms with Gasteiger partial charge in [0.1, 0.15) is 0 Å². The van der Waals surface area contributed by atoms with E-state index in [1.54, 1.807) is 23.5 Å². The molecule has 1 aliphatic heterocycles. The van der Waals surface area contributed by atoms with Gasteiger partial charge in [-0.25, -0.2) is 9.78 Å². The predicted octanol–water partition coefficient (Wildman–Crippen LogP) is 4.20. The normalized spacial score (nSPS) is 18.5. The minimum Gasteiger partial charge on any atom is -0.478 e. The zero-order valence-corrected chi connectivity index (χ0v) is 13.7. The van der Waals surface area contributed by atoms with Crippen LogP contribution in [0.15, 0.2) is 23.6 Å². The molecule has 1 saturated heterocycles. The molecule has 116 valence electrons. The van der Waals surface area contributed by atoms with Crippen LogP contribution >= 0.6 is 11.3 Å². The molecule has 3 rings (SSSR count). The van der Waals surface area contributed by atoms with Crippen molar-refractivity contribution in [1.29, 1.82) is 0 Å². The first kappa shape index (κ1) is 15.0. The summed E-state index contributed by atoms with van der Waals surface area (Å²) in [5, 5.41) is 12.2. The zero-order valence-electron chi connectivity index (χ0n) is 12.9. The second kappa shape index (κ2) is 6.08. The third kappa shape index (κ3) is 2.86. The quantitative estimate of drug-likeness (QED) is 0.922. The fourth-order valence-corrected chi connectivity index (χ4v) is 3.94. The van der Waals surface area contributed by atoms with Gasteiger partial charge in [-0.05, 0) is 50.8 Å². The van der Waals surface area contributed by atoms with E-state index in [9.17, 15) is 4.79 Å². The first-order valence-electron chi connectivity index (χ1n) is 7.63. The number of benzene rings is 1. The Labute approximate surface area is 134 Å². The van der Waals surface area contributed by atoms with Gasteiger partial charge in [0.25, 0.3) is 0 Å². The standard InChI is InChI=1S/C17H20N2O2S/c1-11-9-13(16(20)21)6-7-14(11)15-10-22-17(18-15)19-8-4-3-5-12(19)2/h6-7,9-10,12H,3-5,8H2,1-2H3,(H,20,21)/t12-/m1/s1. The molecule has 1 aromatic heterocycles. The maximum atomic E-state index is 11.0. The third-order valence-corrected chi connectivity index (χ3v) is 5.17. The Morgan fingerprint density at radius 1 is 1.41 bits per heavy atom. The van der Waals surface area contributed by atoms with Crippen molar-refractivity contribution in [2.75, 3.05) is 11.4 Å². The molecule has 0 unspecified atom stereocenters. The molecule has 5 heteroatoms. The van der Waals surface area contributed by atoms with Gasteiger partial charge in [-0.3, -0.25) is 0 Å². The summed E-state index contributed by atoms with van der Waals surface area (Å²) in [5.41, 5.74) is 3.22. The van der Waals surface area contributed by atoms with Crippen LogP contribution in [0.3, 0.4) is 0 Å². The van der Waals surface area contributed by atoms with Crippen LogP contribution in [-0.4, -0.2) is 28.6 Å². The van der Waals surface area contributed by atoms with E-state index in [1.807, 2.05) is 13.0 Å². The molecule has 1 aliphatic rings. The van der Waals surface area contributed by atoms with Crippen LogP contribution < -0.4 is 4.90 Å². The Balaban J connectivity index is 1.89. The Morgan fingerprint density at radius 3 is 2.91 bits per heavy atom. The molecule has 1 aromatic carbocycles. The van der Waals surface area contributed by atoms with E-state index >= 15 is 0 Å². The van der Waals surface area contributed by atoms with Crippen LogP contribution in [0.1, 0.15) is 42.1 Å². The van der Waals surface area contributed by atoms with Gasteiger partial charge in [-0.15, -0.1) is 11.3 Å². The number of hydrogen-bond donors (Lipinski definition) is 1. The summed E-state index contributed by atoms with van der Waals surface area (Å²) in [7, 11) is 0. The smallest absolute Gasteiger partial charge is 0.335 e. The number of carbonyl (C=O) groups is 1. The molecule has 22 heavy (non-hydrogen) atoms. The second-order valence-electron chi connectivity index (χ2n) is 5.89. The van der Waals surface area contributed by atoms with Crippen LogP contribution in [-0.2, 0) is 0 Å². The van der Waals surface area contributed by atoms with Crippen LogP contribution in [0.25, 0.3) is 11.3 Å². The lowest BCUT2D eigenvalue weighted by Crippen LogP contribution is -2.37. The van der Waals surface area contributed by atoms with E-state index in [-0.39, 0.29) is 0 Å². The molecule has 0 saturated carbocycles. The molecule has 2 aromatic rings. The number of carboxylic acids is 1. The first-order chi connectivity index (χ1) is 10.6. The van der Waals surface area contributed by atoms with Crippen molar-refractivity contribution >= 4 is 22.4 Å². The van der Waals surface area contributed by atoms with E-state index in [1.165, 1.54) is 19.3 Å². The molecule has 0 radical (unpaired) electrons. The fraction of sp³-hybridized carbons (Fsp3) is 0.412. The third-order valence-electron chi connectivity index (χ3n) is 4.29. The average Bonchev–Trinajstić information content (AvgIpc) is 2.97. The lowest BCUT2D eigenvalue weighted by atomic mass is 10.0. The zero-order chi connectivity index (χ0) is 15.7. The van der Waals surface area contributed by atoms with Crippen LogP contribution in [0.4, 0.5) is 5.13 Å². The molecule has 0 bridgehead atoms. The number of thiazole rings is 1. The monoisotopic (exact) mass is 316 g/mol. The lowest BCUT2D eigenvalue weighted by Gasteiger charge is -2.33.